The number of rotatable bonds is 21. The van der Waals surface area contributed by atoms with Crippen molar-refractivity contribution < 1.29 is 57.7 Å². The van der Waals surface area contributed by atoms with E-state index in [1.807, 2.05) is 107 Å². The van der Waals surface area contributed by atoms with Gasteiger partial charge in [-0.25, -0.2) is 0 Å². The number of methoxy groups -OCH3 is 1. The first-order valence-corrected chi connectivity index (χ1v) is 34.6. The number of imide groups is 4. The second-order valence-electron chi connectivity index (χ2n) is 27.9. The van der Waals surface area contributed by atoms with Crippen molar-refractivity contribution in [3.63, 3.8) is 0 Å². The van der Waals surface area contributed by atoms with Crippen LogP contribution in [0.1, 0.15) is 241 Å². The predicted octanol–water partition coefficient (Wildman–Crippen LogP) is 16.1. The van der Waals surface area contributed by atoms with Crippen molar-refractivity contribution in [1.82, 2.24) is 19.6 Å². The summed E-state index contributed by atoms with van der Waals surface area (Å²) in [7, 11) is 1.62. The van der Waals surface area contributed by atoms with Gasteiger partial charge in [0.2, 0.25) is 0 Å². The van der Waals surface area contributed by atoms with Crippen molar-refractivity contribution in [1.29, 1.82) is 0 Å². The number of hydrogen-bond donors (Lipinski definition) is 1. The molecule has 97 heavy (non-hydrogen) atoms. The lowest BCUT2D eigenvalue weighted by atomic mass is 9.79. The van der Waals surface area contributed by atoms with Crippen LogP contribution in [0, 0.1) is 11.8 Å². The Bertz CT molecular complexity index is 5220. The fourth-order valence-electron chi connectivity index (χ4n) is 16.7. The molecule has 14 rings (SSSR count). The molecule has 0 aromatic heterocycles. The highest BCUT2D eigenvalue weighted by Gasteiger charge is 2.45. The topological polar surface area (TPSA) is 197 Å². The third kappa shape index (κ3) is 9.23. The summed E-state index contributed by atoms with van der Waals surface area (Å²) in [4.78, 5) is 128. The molecule has 0 radical (unpaired) electrons. The lowest BCUT2D eigenvalue weighted by molar-refractivity contribution is 0.0512. The van der Waals surface area contributed by atoms with Gasteiger partial charge >= 0.3 is 0 Å². The predicted molar refractivity (Wildman–Crippen MR) is 378 cm³/mol. The molecular formula is C81H80N4O12. The van der Waals surface area contributed by atoms with Crippen LogP contribution in [-0.4, -0.2) is 128 Å². The smallest absolute Gasteiger partial charge is 0.261 e. The SMILES string of the molecule is CCC(CC)N1C(=O)c2ccc3c4c(OC(C)(C)CCO)cc5c6c(ccc(c7c(C#Cc8cc9c%10c(ccc%11c%12c(OC(C)(C)CCOC)cc%13c%14c(ccc(c8c%10%11)c%14%12)C(=O)N(C(CC)CC)C%13=O)C(=O)N(C(CC)CC)C9=O)cc(c2c37)C1=O)c64)C(=O)N(C(CC)CC)C5=O. The Labute approximate surface area is 562 Å². The summed E-state index contributed by atoms with van der Waals surface area (Å²) < 4.78 is 19.8. The summed E-state index contributed by atoms with van der Waals surface area (Å²) in [6, 6.07) is 19.7. The van der Waals surface area contributed by atoms with Crippen molar-refractivity contribution in [3.8, 4) is 23.3 Å². The fourth-order valence-corrected chi connectivity index (χ4v) is 16.7. The van der Waals surface area contributed by atoms with Gasteiger partial charge in [-0.3, -0.25) is 58.0 Å². The first-order valence-electron chi connectivity index (χ1n) is 34.6. The summed E-state index contributed by atoms with van der Waals surface area (Å²) in [6.07, 6.45) is 4.81. The molecule has 0 fully saturated rings. The number of fused-ring (bicyclic) bond motifs is 4. The van der Waals surface area contributed by atoms with Gasteiger partial charge in [-0.1, -0.05) is 91.5 Å². The molecule has 10 aromatic rings. The van der Waals surface area contributed by atoms with Crippen molar-refractivity contribution in [2.24, 2.45) is 0 Å². The highest BCUT2D eigenvalue weighted by atomic mass is 16.5. The van der Waals surface area contributed by atoms with Gasteiger partial charge in [0.1, 0.15) is 22.7 Å². The Hall–Kier alpha value is -9.56. The van der Waals surface area contributed by atoms with Crippen molar-refractivity contribution in [2.75, 3.05) is 20.3 Å². The van der Waals surface area contributed by atoms with E-state index in [1.165, 1.54) is 19.6 Å². The maximum absolute atomic E-state index is 15.7. The second-order valence-corrected chi connectivity index (χ2v) is 27.9. The van der Waals surface area contributed by atoms with Crippen LogP contribution in [0.25, 0.3) is 86.2 Å². The second kappa shape index (κ2) is 23.6. The number of nitrogens with zero attached hydrogens (tertiary/aromatic N) is 4. The number of benzene rings is 10. The largest absolute Gasteiger partial charge is 0.487 e. The van der Waals surface area contributed by atoms with E-state index in [-0.39, 0.29) is 35.3 Å². The molecule has 0 atom stereocenters. The van der Waals surface area contributed by atoms with Crippen molar-refractivity contribution in [2.45, 2.75) is 183 Å². The minimum Gasteiger partial charge on any atom is -0.487 e. The molecule has 0 aliphatic carbocycles. The summed E-state index contributed by atoms with van der Waals surface area (Å²) >= 11 is 0. The normalized spacial score (nSPS) is 15.2. The van der Waals surface area contributed by atoms with Crippen LogP contribution in [0.3, 0.4) is 0 Å². The zero-order chi connectivity index (χ0) is 68.9. The highest BCUT2D eigenvalue weighted by molar-refractivity contribution is 6.45. The number of hydrogen-bond acceptors (Lipinski definition) is 12. The standard InChI is InChI=1S/C81H80N4O12/c1-14-42(15-2)82-72(87)50-30-26-48-66-58(96-80(9,10)32-34-86)38-56-64-52(74(89)84(78(56)93)44(18-5)19-6)28-24-46(70(64)66)60-40(36-54(76(82)91)62(50)68(48)60)22-23-41-37-55-63-51(73(88)83(77(55)92)43(16-3)17-4)31-27-49-67-59(97-81(11,12)33-35-95-13)39-57-65-53(29-25-47(71(65)67)61(41)69(49)63)75(90)85(79(57)94)45(20-7)21-8/h24-31,36-39,42-45,86H,14-21,32-35H2,1-13H3. The van der Waals surface area contributed by atoms with Gasteiger partial charge in [0.25, 0.3) is 47.3 Å². The number of aliphatic hydroxyl groups excluding tert-OH is 1. The Morgan fingerprint density at radius 3 is 0.887 bits per heavy atom. The van der Waals surface area contributed by atoms with E-state index in [2.05, 4.69) is 11.8 Å². The lowest BCUT2D eigenvalue weighted by Crippen LogP contribution is -2.46. The first kappa shape index (κ1) is 64.8. The Balaban J connectivity index is 1.16. The fraction of sp³-hybridized carbons (Fsp3) is 0.383. The molecule has 1 N–H and O–H groups in total. The zero-order valence-electron chi connectivity index (χ0n) is 57.4. The Morgan fingerprint density at radius 1 is 0.351 bits per heavy atom. The zero-order valence-corrected chi connectivity index (χ0v) is 57.4. The molecule has 0 spiro atoms. The van der Waals surface area contributed by atoms with Crippen molar-refractivity contribution in [3.05, 3.63) is 128 Å². The molecule has 4 aliphatic heterocycles. The van der Waals surface area contributed by atoms with Crippen LogP contribution in [0.15, 0.2) is 72.8 Å². The maximum Gasteiger partial charge on any atom is 0.261 e. The average Bonchev–Trinajstić information content (AvgIpc) is 0.686. The quantitative estimate of drug-likeness (QED) is 0.0310. The van der Waals surface area contributed by atoms with Gasteiger partial charge < -0.3 is 19.3 Å². The Morgan fingerprint density at radius 2 is 0.608 bits per heavy atom. The minimum absolute atomic E-state index is 0.201. The molecule has 4 heterocycles. The molecular weight excluding hydrogens is 1220 g/mol. The number of ether oxygens (including phenoxy) is 3. The van der Waals surface area contributed by atoms with Gasteiger partial charge in [-0.15, -0.1) is 0 Å². The molecule has 0 unspecified atom stereocenters. The van der Waals surface area contributed by atoms with Crippen molar-refractivity contribution >= 4 is 133 Å². The molecule has 16 nitrogen and oxygen atoms in total. The maximum atomic E-state index is 15.7. The minimum atomic E-state index is -0.990. The van der Waals surface area contributed by atoms with Gasteiger partial charge in [0.15, 0.2) is 0 Å². The average molecular weight is 1300 g/mol. The van der Waals surface area contributed by atoms with E-state index in [1.54, 1.807) is 55.6 Å². The van der Waals surface area contributed by atoms with E-state index < -0.39 is 82.6 Å². The van der Waals surface area contributed by atoms with Crippen LogP contribution >= 0.6 is 0 Å². The van der Waals surface area contributed by atoms with Crippen LogP contribution in [0.2, 0.25) is 0 Å². The van der Waals surface area contributed by atoms with Gasteiger partial charge in [0, 0.05) is 166 Å². The van der Waals surface area contributed by atoms with Gasteiger partial charge in [0.05, 0.1) is 11.1 Å². The molecule has 4 aliphatic rings. The number of carbonyl (C=O) groups is 8. The van der Waals surface area contributed by atoms with Crippen LogP contribution < -0.4 is 9.47 Å². The monoisotopic (exact) mass is 1300 g/mol. The summed E-state index contributed by atoms with van der Waals surface area (Å²) in [5.74, 6) is 4.25. The van der Waals surface area contributed by atoms with Crippen LogP contribution in [0.5, 0.6) is 11.5 Å². The molecule has 0 saturated heterocycles. The van der Waals surface area contributed by atoms with Gasteiger partial charge in [-0.05, 0) is 149 Å². The summed E-state index contributed by atoms with van der Waals surface area (Å²) in [5, 5.41) is 18.7. The lowest BCUT2D eigenvalue weighted by Gasteiger charge is -2.36. The number of carbonyl (C=O) groups excluding carboxylic acids is 8. The van der Waals surface area contributed by atoms with E-state index in [0.29, 0.717) is 195 Å². The Kier molecular flexibility index (Phi) is 15.8. The van der Waals surface area contributed by atoms with E-state index >= 15 is 38.4 Å². The number of amides is 8. The molecule has 16 heteroatoms. The molecule has 8 amide bonds. The molecule has 0 saturated carbocycles. The molecule has 496 valence electrons. The van der Waals surface area contributed by atoms with Crippen LogP contribution in [0.4, 0.5) is 0 Å². The number of aliphatic hydroxyl groups is 1. The van der Waals surface area contributed by atoms with Gasteiger partial charge in [-0.2, -0.15) is 0 Å². The summed E-state index contributed by atoms with van der Waals surface area (Å²) in [5.41, 5.74) is 1.16. The summed E-state index contributed by atoms with van der Waals surface area (Å²) in [6.45, 7) is 23.4. The van der Waals surface area contributed by atoms with E-state index in [9.17, 15) is 5.11 Å². The van der Waals surface area contributed by atoms with E-state index in [0.717, 1.165) is 0 Å². The van der Waals surface area contributed by atoms with E-state index in [4.69, 9.17) is 14.2 Å². The highest BCUT2D eigenvalue weighted by Crippen LogP contribution is 2.54. The third-order valence-corrected chi connectivity index (χ3v) is 21.7. The molecule has 0 bridgehead atoms. The van der Waals surface area contributed by atoms with Crippen LogP contribution in [-0.2, 0) is 4.74 Å². The molecule has 10 aromatic carbocycles. The third-order valence-electron chi connectivity index (χ3n) is 21.7. The first-order chi connectivity index (χ1) is 46.5.